The van der Waals surface area contributed by atoms with Crippen molar-refractivity contribution in [2.45, 2.75) is 19.5 Å². The summed E-state index contributed by atoms with van der Waals surface area (Å²) in [5.41, 5.74) is 11.0. The molecule has 6 heteroatoms. The first kappa shape index (κ1) is 14.2. The Balaban J connectivity index is 2.19. The summed E-state index contributed by atoms with van der Waals surface area (Å²) >= 11 is 0. The van der Waals surface area contributed by atoms with Crippen molar-refractivity contribution in [3.63, 3.8) is 0 Å². The zero-order valence-corrected chi connectivity index (χ0v) is 11.6. The summed E-state index contributed by atoms with van der Waals surface area (Å²) in [6.07, 6.45) is 0. The molecule has 2 aromatic carbocycles. The van der Waals surface area contributed by atoms with E-state index in [2.05, 4.69) is 21.9 Å². The highest BCUT2D eigenvalue weighted by Gasteiger charge is 2.22. The van der Waals surface area contributed by atoms with Gasteiger partial charge in [0.05, 0.1) is 6.54 Å². The van der Waals surface area contributed by atoms with Crippen LogP contribution in [0.15, 0.2) is 33.9 Å². The number of nitrogens with one attached hydrogen (secondary N) is 3. The number of hydrogen-bond donors (Lipinski definition) is 4. The maximum Gasteiger partial charge on any atom is 0.254 e. The summed E-state index contributed by atoms with van der Waals surface area (Å²) in [6.45, 7) is 2.66. The quantitative estimate of drug-likeness (QED) is 0.430. The van der Waals surface area contributed by atoms with Crippen molar-refractivity contribution in [3.8, 4) is 0 Å². The fourth-order valence-corrected chi connectivity index (χ4v) is 2.09. The Labute approximate surface area is 116 Å². The van der Waals surface area contributed by atoms with Crippen molar-refractivity contribution < 1.29 is 5.73 Å². The van der Waals surface area contributed by atoms with E-state index in [1.807, 2.05) is 31.2 Å². The molecule has 0 aliphatic carbocycles. The number of anilines is 2. The van der Waals surface area contributed by atoms with Gasteiger partial charge in [-0.3, -0.25) is 9.59 Å². The first-order valence-corrected chi connectivity index (χ1v) is 6.49. The van der Waals surface area contributed by atoms with Crippen LogP contribution in [0.3, 0.4) is 0 Å². The number of quaternary nitrogens is 1. The number of hydrogen-bond acceptors (Lipinski definition) is 5. The summed E-state index contributed by atoms with van der Waals surface area (Å²) < 4.78 is 0. The van der Waals surface area contributed by atoms with E-state index in [1.165, 1.54) is 0 Å². The minimum atomic E-state index is -0.499. The van der Waals surface area contributed by atoms with Crippen LogP contribution in [0.25, 0.3) is 0 Å². The van der Waals surface area contributed by atoms with Gasteiger partial charge in [0.1, 0.15) is 11.4 Å². The first-order chi connectivity index (χ1) is 9.58. The van der Waals surface area contributed by atoms with Crippen LogP contribution >= 0.6 is 0 Å². The lowest BCUT2D eigenvalue weighted by Crippen LogP contribution is -2.47. The molecular weight excluding hydrogens is 256 g/mol. The van der Waals surface area contributed by atoms with Crippen molar-refractivity contribution >= 4 is 11.4 Å². The van der Waals surface area contributed by atoms with Crippen molar-refractivity contribution in [2.75, 3.05) is 17.8 Å². The Morgan fingerprint density at radius 2 is 1.90 bits per heavy atom. The van der Waals surface area contributed by atoms with Crippen LogP contribution in [0.5, 0.6) is 0 Å². The van der Waals surface area contributed by atoms with E-state index in [0.717, 1.165) is 11.1 Å². The third-order valence-electron chi connectivity index (χ3n) is 3.26. The van der Waals surface area contributed by atoms with E-state index in [0.29, 0.717) is 12.2 Å². The molecule has 0 fully saturated rings. The van der Waals surface area contributed by atoms with Crippen LogP contribution in [0.1, 0.15) is 24.1 Å². The Hall–Kier alpha value is -2.18. The number of hydrazine groups is 1. The number of rotatable bonds is 6. The van der Waals surface area contributed by atoms with Crippen LogP contribution in [0.2, 0.25) is 0 Å². The highest BCUT2D eigenvalue weighted by molar-refractivity contribution is 5.74. The van der Waals surface area contributed by atoms with Gasteiger partial charge in [-0.1, -0.05) is 18.2 Å². The summed E-state index contributed by atoms with van der Waals surface area (Å²) in [6, 6.07) is 7.92. The summed E-state index contributed by atoms with van der Waals surface area (Å²) in [7, 11) is 1.64. The molecule has 0 aliphatic rings. The second-order valence-corrected chi connectivity index (χ2v) is 4.64. The fourth-order valence-electron chi connectivity index (χ4n) is 2.09. The van der Waals surface area contributed by atoms with Gasteiger partial charge in [-0.2, -0.15) is 0 Å². The molecule has 0 radical (unpaired) electrons. The highest BCUT2D eigenvalue weighted by Crippen LogP contribution is 2.22. The standard InChI is InChI=1S/C14H18N4O2/c1-8(10-5-3-4-9(6-10)7-15)17-11-12(18-16-2)14(20)13(11)19/h3-6,8,16-18H,7,15H2,1-2H3/p+1. The van der Waals surface area contributed by atoms with Crippen LogP contribution in [-0.2, 0) is 6.54 Å². The van der Waals surface area contributed by atoms with Crippen LogP contribution in [0.4, 0.5) is 11.4 Å². The van der Waals surface area contributed by atoms with Gasteiger partial charge in [0, 0.05) is 18.7 Å². The zero-order chi connectivity index (χ0) is 14.7. The fraction of sp³-hybridized carbons (Fsp3) is 0.286. The van der Waals surface area contributed by atoms with Gasteiger partial charge in [-0.25, -0.2) is 5.43 Å². The molecule has 0 bridgehead atoms. The Morgan fingerprint density at radius 3 is 2.55 bits per heavy atom. The molecule has 0 aromatic heterocycles. The highest BCUT2D eigenvalue weighted by atomic mass is 16.2. The molecule has 1 atom stereocenters. The largest absolute Gasteiger partial charge is 0.373 e. The van der Waals surface area contributed by atoms with Crippen LogP contribution in [-0.4, -0.2) is 7.05 Å². The molecule has 106 valence electrons. The summed E-state index contributed by atoms with van der Waals surface area (Å²) in [4.78, 5) is 23.0. The lowest BCUT2D eigenvalue weighted by Gasteiger charge is -2.19. The molecule has 20 heavy (non-hydrogen) atoms. The van der Waals surface area contributed by atoms with Gasteiger partial charge in [0.15, 0.2) is 0 Å². The molecule has 2 aromatic rings. The second-order valence-electron chi connectivity index (χ2n) is 4.64. The Kier molecular flexibility index (Phi) is 4.16. The smallest absolute Gasteiger partial charge is 0.254 e. The summed E-state index contributed by atoms with van der Waals surface area (Å²) in [5, 5.41) is 3.09. The molecule has 0 saturated heterocycles. The molecule has 2 rings (SSSR count). The second kappa shape index (κ2) is 5.85. The predicted octanol–water partition coefficient (Wildman–Crippen LogP) is -0.256. The van der Waals surface area contributed by atoms with Gasteiger partial charge >= 0.3 is 0 Å². The molecule has 0 spiro atoms. The first-order valence-electron chi connectivity index (χ1n) is 6.49. The van der Waals surface area contributed by atoms with Gasteiger partial charge in [-0.15, -0.1) is 0 Å². The van der Waals surface area contributed by atoms with E-state index in [1.54, 1.807) is 7.05 Å². The van der Waals surface area contributed by atoms with Gasteiger partial charge in [0.25, 0.3) is 10.9 Å². The van der Waals surface area contributed by atoms with E-state index in [9.17, 15) is 9.59 Å². The zero-order valence-electron chi connectivity index (χ0n) is 11.6. The molecule has 0 saturated carbocycles. The summed E-state index contributed by atoms with van der Waals surface area (Å²) in [5.74, 6) is 0. The lowest BCUT2D eigenvalue weighted by molar-refractivity contribution is -0.386. The van der Waals surface area contributed by atoms with Gasteiger partial charge < -0.3 is 16.5 Å². The minimum Gasteiger partial charge on any atom is -0.373 e. The van der Waals surface area contributed by atoms with E-state index in [4.69, 9.17) is 0 Å². The molecule has 6 nitrogen and oxygen atoms in total. The molecule has 0 aliphatic heterocycles. The predicted molar refractivity (Wildman–Crippen MR) is 79.1 cm³/mol. The molecular formula is C14H19N4O2+. The molecule has 0 amide bonds. The third-order valence-corrected chi connectivity index (χ3v) is 3.26. The van der Waals surface area contributed by atoms with E-state index >= 15 is 0 Å². The van der Waals surface area contributed by atoms with Crippen molar-refractivity contribution in [2.24, 2.45) is 0 Å². The van der Waals surface area contributed by atoms with E-state index < -0.39 is 10.9 Å². The van der Waals surface area contributed by atoms with Crippen LogP contribution < -0.4 is 32.8 Å². The van der Waals surface area contributed by atoms with Gasteiger partial charge in [-0.05, 0) is 18.6 Å². The van der Waals surface area contributed by atoms with Crippen LogP contribution in [0, 0.1) is 0 Å². The monoisotopic (exact) mass is 275 g/mol. The SMILES string of the molecule is CNNc1c(NC(C)c2cccc(C[NH3+])c2)c(=O)c1=O. The normalized spacial score (nSPS) is 12.3. The topological polar surface area (TPSA) is 97.9 Å². The Morgan fingerprint density at radius 1 is 1.20 bits per heavy atom. The number of benzene rings is 1. The molecule has 0 heterocycles. The molecule has 6 N–H and O–H groups in total. The average Bonchev–Trinajstić information content (AvgIpc) is 2.50. The maximum atomic E-state index is 11.6. The average molecular weight is 275 g/mol. The third kappa shape index (κ3) is 2.56. The maximum absolute atomic E-state index is 11.6. The van der Waals surface area contributed by atoms with Crippen molar-refractivity contribution in [1.82, 2.24) is 5.43 Å². The molecule has 1 unspecified atom stereocenters. The van der Waals surface area contributed by atoms with Gasteiger partial charge in [0.2, 0.25) is 0 Å². The van der Waals surface area contributed by atoms with E-state index in [-0.39, 0.29) is 11.7 Å². The van der Waals surface area contributed by atoms with Crippen molar-refractivity contribution in [1.29, 1.82) is 0 Å². The minimum absolute atomic E-state index is 0.0674. The lowest BCUT2D eigenvalue weighted by atomic mass is 10.0. The Bertz CT molecular complexity index is 674. The van der Waals surface area contributed by atoms with Crippen molar-refractivity contribution in [3.05, 3.63) is 55.8 Å².